The summed E-state index contributed by atoms with van der Waals surface area (Å²) in [4.78, 5) is 11.1. The molecule has 0 aliphatic rings. The minimum Gasteiger partial charge on any atom is -0.497 e. The van der Waals surface area contributed by atoms with Gasteiger partial charge in [-0.3, -0.25) is 0 Å². The van der Waals surface area contributed by atoms with Crippen molar-refractivity contribution in [3.8, 4) is 11.5 Å². The monoisotopic (exact) mass is 268 g/mol. The van der Waals surface area contributed by atoms with E-state index in [1.54, 1.807) is 12.1 Å². The highest BCUT2D eigenvalue weighted by Crippen LogP contribution is 2.24. The molecule has 0 saturated heterocycles. The number of aliphatic hydroxyl groups is 1. The highest BCUT2D eigenvalue weighted by atomic mass is 16.5. The first-order chi connectivity index (χ1) is 9.19. The third-order valence-corrected chi connectivity index (χ3v) is 2.73. The molecule has 1 aromatic carbocycles. The second kappa shape index (κ2) is 8.37. The van der Waals surface area contributed by atoms with E-state index in [1.165, 1.54) is 13.2 Å². The van der Waals surface area contributed by atoms with Gasteiger partial charge in [0.05, 0.1) is 13.7 Å². The van der Waals surface area contributed by atoms with Gasteiger partial charge in [0.15, 0.2) is 0 Å². The Bertz CT molecular complexity index is 403. The number of aliphatic hydroxyl groups excluding tert-OH is 1. The first-order valence-corrected chi connectivity index (χ1v) is 6.34. The molecule has 0 aliphatic heterocycles. The molecule has 0 amide bonds. The number of hydrogen-bond donors (Lipinski definition) is 2. The molecule has 5 heteroatoms. The SMILES string of the molecule is COc1ccc(OCCCCCCO)c(C(=O)O)c1. The van der Waals surface area contributed by atoms with Crippen LogP contribution in [0.4, 0.5) is 0 Å². The lowest BCUT2D eigenvalue weighted by atomic mass is 10.2. The molecule has 106 valence electrons. The van der Waals surface area contributed by atoms with Gasteiger partial charge < -0.3 is 19.7 Å². The van der Waals surface area contributed by atoms with Crippen LogP contribution in [0.3, 0.4) is 0 Å². The first-order valence-electron chi connectivity index (χ1n) is 6.34. The Morgan fingerprint density at radius 2 is 1.95 bits per heavy atom. The zero-order chi connectivity index (χ0) is 14.1. The van der Waals surface area contributed by atoms with E-state index in [1.807, 2.05) is 0 Å². The lowest BCUT2D eigenvalue weighted by molar-refractivity contribution is 0.0691. The molecule has 0 radical (unpaired) electrons. The van der Waals surface area contributed by atoms with Crippen molar-refractivity contribution in [1.82, 2.24) is 0 Å². The van der Waals surface area contributed by atoms with Crippen molar-refractivity contribution in [2.75, 3.05) is 20.3 Å². The summed E-state index contributed by atoms with van der Waals surface area (Å²) in [6, 6.07) is 4.73. The van der Waals surface area contributed by atoms with Crippen LogP contribution >= 0.6 is 0 Å². The third kappa shape index (κ3) is 5.18. The molecular formula is C14H20O5. The lowest BCUT2D eigenvalue weighted by Crippen LogP contribution is -2.05. The maximum absolute atomic E-state index is 11.1. The molecule has 0 fully saturated rings. The fourth-order valence-corrected chi connectivity index (χ4v) is 1.68. The van der Waals surface area contributed by atoms with Gasteiger partial charge >= 0.3 is 5.97 Å². The van der Waals surface area contributed by atoms with Crippen molar-refractivity contribution >= 4 is 5.97 Å². The number of unbranched alkanes of at least 4 members (excludes halogenated alkanes) is 3. The summed E-state index contributed by atoms with van der Waals surface area (Å²) < 4.78 is 10.5. The number of rotatable bonds is 9. The predicted octanol–water partition coefficient (Wildman–Crippen LogP) is 2.32. The van der Waals surface area contributed by atoms with E-state index in [9.17, 15) is 4.79 Å². The Morgan fingerprint density at radius 3 is 2.58 bits per heavy atom. The van der Waals surface area contributed by atoms with Crippen LogP contribution in [0, 0.1) is 0 Å². The summed E-state index contributed by atoms with van der Waals surface area (Å²) in [5, 5.41) is 17.7. The Labute approximate surface area is 112 Å². The van der Waals surface area contributed by atoms with Gasteiger partial charge in [-0.2, -0.15) is 0 Å². The van der Waals surface area contributed by atoms with Crippen molar-refractivity contribution in [2.45, 2.75) is 25.7 Å². The van der Waals surface area contributed by atoms with E-state index in [0.29, 0.717) is 18.1 Å². The fraction of sp³-hybridized carbons (Fsp3) is 0.500. The quantitative estimate of drug-likeness (QED) is 0.672. The first kappa shape index (κ1) is 15.3. The maximum Gasteiger partial charge on any atom is 0.339 e. The summed E-state index contributed by atoms with van der Waals surface area (Å²) in [5.74, 6) is -0.183. The Balaban J connectivity index is 2.50. The molecule has 0 spiro atoms. The van der Waals surface area contributed by atoms with Gasteiger partial charge in [0.2, 0.25) is 0 Å². The van der Waals surface area contributed by atoms with Gasteiger partial charge in [0, 0.05) is 6.61 Å². The summed E-state index contributed by atoms with van der Waals surface area (Å²) in [5.41, 5.74) is 0.106. The van der Waals surface area contributed by atoms with E-state index in [-0.39, 0.29) is 12.2 Å². The van der Waals surface area contributed by atoms with Crippen LogP contribution in [-0.4, -0.2) is 36.5 Å². The van der Waals surface area contributed by atoms with Crippen LogP contribution in [0.5, 0.6) is 11.5 Å². The van der Waals surface area contributed by atoms with Gasteiger partial charge in [0.1, 0.15) is 17.1 Å². The topological polar surface area (TPSA) is 76.0 Å². The number of ether oxygens (including phenoxy) is 2. The molecule has 0 aliphatic carbocycles. The van der Waals surface area contributed by atoms with Crippen LogP contribution in [0.25, 0.3) is 0 Å². The van der Waals surface area contributed by atoms with Gasteiger partial charge in [-0.15, -0.1) is 0 Å². The van der Waals surface area contributed by atoms with E-state index >= 15 is 0 Å². The van der Waals surface area contributed by atoms with Crippen LogP contribution in [0.2, 0.25) is 0 Å². The Hall–Kier alpha value is -1.75. The second-order valence-electron chi connectivity index (χ2n) is 4.15. The molecule has 1 aromatic rings. The number of carboxylic acids is 1. The number of methoxy groups -OCH3 is 1. The van der Waals surface area contributed by atoms with Crippen LogP contribution < -0.4 is 9.47 Å². The van der Waals surface area contributed by atoms with Gasteiger partial charge in [-0.05, 0) is 37.5 Å². The Kier molecular flexibility index (Phi) is 6.74. The van der Waals surface area contributed by atoms with Crippen LogP contribution in [-0.2, 0) is 0 Å². The van der Waals surface area contributed by atoms with Crippen LogP contribution in [0.1, 0.15) is 36.0 Å². The molecular weight excluding hydrogens is 248 g/mol. The lowest BCUT2D eigenvalue weighted by Gasteiger charge is -2.10. The smallest absolute Gasteiger partial charge is 0.339 e. The highest BCUT2D eigenvalue weighted by Gasteiger charge is 2.12. The summed E-state index contributed by atoms with van der Waals surface area (Å²) in [6.07, 6.45) is 3.54. The van der Waals surface area contributed by atoms with Crippen molar-refractivity contribution in [3.63, 3.8) is 0 Å². The molecule has 1 rings (SSSR count). The fourth-order valence-electron chi connectivity index (χ4n) is 1.68. The number of carboxylic acid groups (broad SMARTS) is 1. The molecule has 0 bridgehead atoms. The van der Waals surface area contributed by atoms with Crippen molar-refractivity contribution in [2.24, 2.45) is 0 Å². The van der Waals surface area contributed by atoms with Crippen molar-refractivity contribution in [3.05, 3.63) is 23.8 Å². The second-order valence-corrected chi connectivity index (χ2v) is 4.15. The van der Waals surface area contributed by atoms with Gasteiger partial charge in [-0.25, -0.2) is 4.79 Å². The molecule has 5 nitrogen and oxygen atoms in total. The molecule has 0 aromatic heterocycles. The standard InChI is InChI=1S/C14H20O5/c1-18-11-6-7-13(12(10-11)14(16)17)19-9-5-3-2-4-8-15/h6-7,10,15H,2-5,8-9H2,1H3,(H,16,17). The Morgan fingerprint density at radius 1 is 1.21 bits per heavy atom. The van der Waals surface area contributed by atoms with E-state index in [2.05, 4.69) is 0 Å². The zero-order valence-electron chi connectivity index (χ0n) is 11.1. The van der Waals surface area contributed by atoms with Crippen molar-refractivity contribution < 1.29 is 24.5 Å². The highest BCUT2D eigenvalue weighted by molar-refractivity contribution is 5.91. The summed E-state index contributed by atoms with van der Waals surface area (Å²) in [6.45, 7) is 0.681. The minimum absolute atomic E-state index is 0.106. The number of hydrogen-bond acceptors (Lipinski definition) is 4. The van der Waals surface area contributed by atoms with Crippen molar-refractivity contribution in [1.29, 1.82) is 0 Å². The van der Waals surface area contributed by atoms with Crippen LogP contribution in [0.15, 0.2) is 18.2 Å². The molecule has 0 unspecified atom stereocenters. The summed E-state index contributed by atoms with van der Waals surface area (Å²) >= 11 is 0. The molecule has 0 heterocycles. The normalized spacial score (nSPS) is 10.2. The molecule has 0 saturated carbocycles. The minimum atomic E-state index is -1.03. The third-order valence-electron chi connectivity index (χ3n) is 2.73. The average Bonchev–Trinajstić information content (AvgIpc) is 2.42. The molecule has 19 heavy (non-hydrogen) atoms. The van der Waals surface area contributed by atoms with E-state index in [0.717, 1.165) is 25.7 Å². The van der Waals surface area contributed by atoms with E-state index in [4.69, 9.17) is 19.7 Å². The van der Waals surface area contributed by atoms with E-state index < -0.39 is 5.97 Å². The largest absolute Gasteiger partial charge is 0.497 e. The number of aromatic carboxylic acids is 1. The maximum atomic E-state index is 11.1. The zero-order valence-corrected chi connectivity index (χ0v) is 11.1. The number of carbonyl (C=O) groups is 1. The predicted molar refractivity (Wildman–Crippen MR) is 71.0 cm³/mol. The van der Waals surface area contributed by atoms with Gasteiger partial charge in [0.25, 0.3) is 0 Å². The van der Waals surface area contributed by atoms with Gasteiger partial charge in [-0.1, -0.05) is 6.42 Å². The average molecular weight is 268 g/mol. The molecule has 0 atom stereocenters. The summed E-state index contributed by atoms with van der Waals surface area (Å²) in [7, 11) is 1.49. The molecule has 2 N–H and O–H groups in total. The number of benzene rings is 1.